The first-order chi connectivity index (χ1) is 16.1. The van der Waals surface area contributed by atoms with Crippen LogP contribution in [0.4, 0.5) is 20.3 Å². The average Bonchev–Trinajstić information content (AvgIpc) is 3.31. The van der Waals surface area contributed by atoms with E-state index < -0.39 is 11.6 Å². The monoisotopic (exact) mass is 449 g/mol. The van der Waals surface area contributed by atoms with E-state index in [1.165, 1.54) is 6.07 Å². The smallest absolute Gasteiger partial charge is 0.227 e. The SMILES string of the molecule is O=C(Nc1cccc(Oc2ccc(F)c(F)c2)c1)C1CCN(c2ncnc3[nH]ccc23)CC1. The Morgan fingerprint density at radius 1 is 1.03 bits per heavy atom. The zero-order valence-corrected chi connectivity index (χ0v) is 17.6. The third-order valence-corrected chi connectivity index (χ3v) is 5.73. The molecule has 1 aliphatic rings. The summed E-state index contributed by atoms with van der Waals surface area (Å²) in [4.78, 5) is 26.8. The molecule has 0 bridgehead atoms. The number of piperidine rings is 1. The number of anilines is 2. The molecule has 2 N–H and O–H groups in total. The Morgan fingerprint density at radius 2 is 1.85 bits per heavy atom. The van der Waals surface area contributed by atoms with E-state index in [0.717, 1.165) is 29.0 Å². The highest BCUT2D eigenvalue weighted by molar-refractivity contribution is 5.93. The number of rotatable bonds is 5. The van der Waals surface area contributed by atoms with Gasteiger partial charge in [0, 0.05) is 43.0 Å². The van der Waals surface area contributed by atoms with Crippen LogP contribution in [0.5, 0.6) is 11.5 Å². The zero-order valence-electron chi connectivity index (χ0n) is 17.6. The van der Waals surface area contributed by atoms with Gasteiger partial charge in [-0.1, -0.05) is 6.07 Å². The van der Waals surface area contributed by atoms with Gasteiger partial charge >= 0.3 is 0 Å². The third-order valence-electron chi connectivity index (χ3n) is 5.73. The van der Waals surface area contributed by atoms with Crippen molar-refractivity contribution in [2.75, 3.05) is 23.3 Å². The Hall–Kier alpha value is -4.01. The molecule has 4 aromatic rings. The number of benzene rings is 2. The molecule has 9 heteroatoms. The van der Waals surface area contributed by atoms with Crippen molar-refractivity contribution in [2.45, 2.75) is 12.8 Å². The van der Waals surface area contributed by atoms with Gasteiger partial charge in [-0.3, -0.25) is 4.79 Å². The van der Waals surface area contributed by atoms with Crippen LogP contribution in [0.2, 0.25) is 0 Å². The maximum absolute atomic E-state index is 13.4. The fraction of sp³-hybridized carbons (Fsp3) is 0.208. The lowest BCUT2D eigenvalue weighted by molar-refractivity contribution is -0.120. The molecular formula is C24H21F2N5O2. The van der Waals surface area contributed by atoms with Crippen LogP contribution in [0.15, 0.2) is 61.1 Å². The van der Waals surface area contributed by atoms with Crippen LogP contribution in [-0.2, 0) is 4.79 Å². The number of H-pyrrole nitrogens is 1. The lowest BCUT2D eigenvalue weighted by Gasteiger charge is -2.32. The van der Waals surface area contributed by atoms with Gasteiger partial charge in [0.15, 0.2) is 11.6 Å². The van der Waals surface area contributed by atoms with Crippen LogP contribution < -0.4 is 15.0 Å². The largest absolute Gasteiger partial charge is 0.457 e. The quantitative estimate of drug-likeness (QED) is 0.454. The molecule has 0 radical (unpaired) electrons. The Morgan fingerprint density at radius 3 is 2.67 bits per heavy atom. The number of hydrogen-bond acceptors (Lipinski definition) is 5. The average molecular weight is 449 g/mol. The maximum Gasteiger partial charge on any atom is 0.227 e. The standard InChI is InChI=1S/C24H21F2N5O2/c25-20-5-4-18(13-21(20)26)33-17-3-1-2-16(12-17)30-24(32)15-7-10-31(11-8-15)23-19-6-9-27-22(19)28-14-29-23/h1-6,9,12-15H,7-8,10-11H2,(H,30,32)(H,27,28,29). The molecule has 0 aliphatic carbocycles. The van der Waals surface area contributed by atoms with E-state index in [0.29, 0.717) is 37.4 Å². The molecule has 0 spiro atoms. The van der Waals surface area contributed by atoms with Gasteiger partial charge in [-0.2, -0.15) is 0 Å². The summed E-state index contributed by atoms with van der Waals surface area (Å²) in [7, 11) is 0. The summed E-state index contributed by atoms with van der Waals surface area (Å²) in [6.45, 7) is 1.43. The minimum Gasteiger partial charge on any atom is -0.457 e. The van der Waals surface area contributed by atoms with Crippen molar-refractivity contribution in [2.24, 2.45) is 5.92 Å². The van der Waals surface area contributed by atoms with Crippen molar-refractivity contribution in [3.05, 3.63) is 72.7 Å². The van der Waals surface area contributed by atoms with Gasteiger partial charge in [0.05, 0.1) is 5.39 Å². The number of aromatic nitrogens is 3. The van der Waals surface area contributed by atoms with Crippen molar-refractivity contribution in [1.29, 1.82) is 0 Å². The van der Waals surface area contributed by atoms with Crippen molar-refractivity contribution in [3.8, 4) is 11.5 Å². The molecule has 3 heterocycles. The summed E-state index contributed by atoms with van der Waals surface area (Å²) in [6, 6.07) is 12.1. The molecule has 2 aromatic carbocycles. The predicted molar refractivity (Wildman–Crippen MR) is 120 cm³/mol. The van der Waals surface area contributed by atoms with Crippen LogP contribution >= 0.6 is 0 Å². The molecular weight excluding hydrogens is 428 g/mol. The van der Waals surface area contributed by atoms with Crippen molar-refractivity contribution >= 4 is 28.4 Å². The Kier molecular flexibility index (Phi) is 5.60. The van der Waals surface area contributed by atoms with E-state index in [1.54, 1.807) is 30.6 Å². The first kappa shape index (κ1) is 20.9. The first-order valence-electron chi connectivity index (χ1n) is 10.6. The van der Waals surface area contributed by atoms with Gasteiger partial charge in [0.25, 0.3) is 0 Å². The van der Waals surface area contributed by atoms with E-state index in [-0.39, 0.29) is 17.6 Å². The third kappa shape index (κ3) is 4.48. The van der Waals surface area contributed by atoms with Crippen LogP contribution in [0.3, 0.4) is 0 Å². The molecule has 0 atom stereocenters. The number of nitrogens with one attached hydrogen (secondary N) is 2. The van der Waals surface area contributed by atoms with Gasteiger partial charge in [0.2, 0.25) is 5.91 Å². The summed E-state index contributed by atoms with van der Waals surface area (Å²) >= 11 is 0. The minimum atomic E-state index is -0.984. The molecule has 1 aliphatic heterocycles. The number of hydrogen-bond donors (Lipinski definition) is 2. The van der Waals surface area contributed by atoms with Gasteiger partial charge < -0.3 is 19.9 Å². The van der Waals surface area contributed by atoms with E-state index in [1.807, 2.05) is 12.3 Å². The summed E-state index contributed by atoms with van der Waals surface area (Å²) in [5, 5.41) is 3.91. The lowest BCUT2D eigenvalue weighted by atomic mass is 9.95. The second kappa shape index (κ2) is 8.85. The van der Waals surface area contributed by atoms with Crippen LogP contribution in [0.25, 0.3) is 11.0 Å². The van der Waals surface area contributed by atoms with E-state index in [4.69, 9.17) is 4.74 Å². The molecule has 168 valence electrons. The molecule has 1 amide bonds. The lowest BCUT2D eigenvalue weighted by Crippen LogP contribution is -2.38. The number of halogens is 2. The van der Waals surface area contributed by atoms with Crippen LogP contribution in [0, 0.1) is 17.6 Å². The number of aromatic amines is 1. The number of nitrogens with zero attached hydrogens (tertiary/aromatic N) is 3. The fourth-order valence-corrected chi connectivity index (χ4v) is 4.02. The van der Waals surface area contributed by atoms with Crippen molar-refractivity contribution in [3.63, 3.8) is 0 Å². The zero-order chi connectivity index (χ0) is 22.8. The molecule has 7 nitrogen and oxygen atoms in total. The second-order valence-corrected chi connectivity index (χ2v) is 7.89. The van der Waals surface area contributed by atoms with E-state index in [2.05, 4.69) is 25.2 Å². The number of carbonyl (C=O) groups is 1. The molecule has 2 aromatic heterocycles. The number of fused-ring (bicyclic) bond motifs is 1. The highest BCUT2D eigenvalue weighted by Crippen LogP contribution is 2.29. The number of ether oxygens (including phenoxy) is 1. The van der Waals surface area contributed by atoms with Gasteiger partial charge in [0.1, 0.15) is 29.3 Å². The van der Waals surface area contributed by atoms with Crippen LogP contribution in [0.1, 0.15) is 12.8 Å². The topological polar surface area (TPSA) is 83.1 Å². The molecule has 33 heavy (non-hydrogen) atoms. The van der Waals surface area contributed by atoms with Crippen LogP contribution in [-0.4, -0.2) is 33.9 Å². The summed E-state index contributed by atoms with van der Waals surface area (Å²) < 4.78 is 32.1. The molecule has 1 fully saturated rings. The summed E-state index contributed by atoms with van der Waals surface area (Å²) in [5.74, 6) is -0.648. The predicted octanol–water partition coefficient (Wildman–Crippen LogP) is 4.88. The van der Waals surface area contributed by atoms with Gasteiger partial charge in [-0.25, -0.2) is 18.7 Å². The summed E-state index contributed by atoms with van der Waals surface area (Å²) in [5.41, 5.74) is 1.37. The van der Waals surface area contributed by atoms with Gasteiger partial charge in [-0.15, -0.1) is 0 Å². The van der Waals surface area contributed by atoms with Crippen molar-refractivity contribution in [1.82, 2.24) is 15.0 Å². The Labute approximate surface area is 188 Å². The van der Waals surface area contributed by atoms with Gasteiger partial charge in [-0.05, 0) is 43.2 Å². The molecule has 5 rings (SSSR count). The van der Waals surface area contributed by atoms with E-state index in [9.17, 15) is 13.6 Å². The highest BCUT2D eigenvalue weighted by Gasteiger charge is 2.26. The molecule has 0 unspecified atom stereocenters. The van der Waals surface area contributed by atoms with E-state index >= 15 is 0 Å². The minimum absolute atomic E-state index is 0.0610. The first-order valence-corrected chi connectivity index (χ1v) is 10.6. The molecule has 1 saturated heterocycles. The molecule has 0 saturated carbocycles. The second-order valence-electron chi connectivity index (χ2n) is 7.89. The fourth-order valence-electron chi connectivity index (χ4n) is 4.02. The summed E-state index contributed by atoms with van der Waals surface area (Å²) in [6.07, 6.45) is 4.79. The normalized spacial score (nSPS) is 14.4. The Bertz CT molecular complexity index is 1300. The van der Waals surface area contributed by atoms with Crippen molar-refractivity contribution < 1.29 is 18.3 Å². The number of amides is 1. The maximum atomic E-state index is 13.4. The Balaban J connectivity index is 1.20. The number of carbonyl (C=O) groups excluding carboxylic acids is 1. The highest BCUT2D eigenvalue weighted by atomic mass is 19.2.